The summed E-state index contributed by atoms with van der Waals surface area (Å²) < 4.78 is 5.11. The monoisotopic (exact) mass is 284 g/mol. The largest absolute Gasteiger partial charge is 0.361 e. The Morgan fingerprint density at radius 1 is 1.38 bits per heavy atom. The van der Waals surface area contributed by atoms with Crippen LogP contribution in [0.25, 0.3) is 0 Å². The number of hydrogen-bond donors (Lipinski definition) is 1. The van der Waals surface area contributed by atoms with E-state index in [9.17, 15) is 4.79 Å². The molecule has 4 heteroatoms. The van der Waals surface area contributed by atoms with Crippen LogP contribution in [-0.4, -0.2) is 11.1 Å². The summed E-state index contributed by atoms with van der Waals surface area (Å²) in [5.41, 5.74) is 4.31. The third-order valence-corrected chi connectivity index (χ3v) is 4.22. The zero-order chi connectivity index (χ0) is 14.8. The molecule has 0 fully saturated rings. The lowest BCUT2D eigenvalue weighted by atomic mass is 9.87. The van der Waals surface area contributed by atoms with E-state index in [1.54, 1.807) is 0 Å². The topological polar surface area (TPSA) is 55.1 Å². The van der Waals surface area contributed by atoms with Crippen LogP contribution in [-0.2, 0) is 17.6 Å². The molecule has 21 heavy (non-hydrogen) atoms. The van der Waals surface area contributed by atoms with Crippen LogP contribution in [0.1, 0.15) is 47.0 Å². The summed E-state index contributed by atoms with van der Waals surface area (Å²) in [6.45, 7) is 3.72. The van der Waals surface area contributed by atoms with Crippen LogP contribution < -0.4 is 5.32 Å². The van der Waals surface area contributed by atoms with Crippen LogP contribution in [0.3, 0.4) is 0 Å². The summed E-state index contributed by atoms with van der Waals surface area (Å²) in [4.78, 5) is 12.3. The molecule has 4 nitrogen and oxygen atoms in total. The number of benzene rings is 1. The zero-order valence-corrected chi connectivity index (χ0v) is 12.5. The average molecular weight is 284 g/mol. The first-order valence-corrected chi connectivity index (χ1v) is 7.44. The number of aromatic nitrogens is 1. The van der Waals surface area contributed by atoms with Crippen LogP contribution in [0.2, 0.25) is 0 Å². The fourth-order valence-electron chi connectivity index (χ4n) is 3.06. The van der Waals surface area contributed by atoms with Crippen LogP contribution in [0.4, 0.5) is 0 Å². The van der Waals surface area contributed by atoms with Crippen molar-refractivity contribution in [3.05, 3.63) is 52.4 Å². The second kappa shape index (κ2) is 5.72. The van der Waals surface area contributed by atoms with Gasteiger partial charge in [-0.05, 0) is 44.2 Å². The fraction of sp³-hybridized carbons (Fsp3) is 0.412. The smallest absolute Gasteiger partial charge is 0.225 e. The van der Waals surface area contributed by atoms with Gasteiger partial charge in [-0.1, -0.05) is 29.4 Å². The van der Waals surface area contributed by atoms with Gasteiger partial charge in [0.25, 0.3) is 0 Å². The quantitative estimate of drug-likeness (QED) is 0.942. The van der Waals surface area contributed by atoms with E-state index < -0.39 is 0 Å². The summed E-state index contributed by atoms with van der Waals surface area (Å²) in [7, 11) is 0. The highest BCUT2D eigenvalue weighted by Gasteiger charge is 2.22. The van der Waals surface area contributed by atoms with E-state index in [1.807, 2.05) is 19.9 Å². The molecule has 0 aliphatic heterocycles. The predicted molar refractivity (Wildman–Crippen MR) is 79.9 cm³/mol. The third-order valence-electron chi connectivity index (χ3n) is 4.22. The van der Waals surface area contributed by atoms with Crippen LogP contribution in [0.5, 0.6) is 0 Å². The minimum atomic E-state index is 0.0334. The highest BCUT2D eigenvalue weighted by molar-refractivity contribution is 5.79. The van der Waals surface area contributed by atoms with E-state index in [0.29, 0.717) is 6.42 Å². The van der Waals surface area contributed by atoms with Crippen LogP contribution in [0, 0.1) is 13.8 Å². The van der Waals surface area contributed by atoms with Gasteiger partial charge in [0.05, 0.1) is 18.2 Å². The standard InChI is InChI=1S/C17H20N2O2/c1-11-15(12(2)21-19-11)10-17(20)18-16-9-5-7-13-6-3-4-8-14(13)16/h3-4,6,8,16H,5,7,9-10H2,1-2H3,(H,18,20)/t16-/m0/s1. The van der Waals surface area contributed by atoms with E-state index in [1.165, 1.54) is 11.1 Å². The number of fused-ring (bicyclic) bond motifs is 1. The number of nitrogens with one attached hydrogen (secondary N) is 1. The first-order valence-electron chi connectivity index (χ1n) is 7.44. The van der Waals surface area contributed by atoms with Gasteiger partial charge in [-0.15, -0.1) is 0 Å². The summed E-state index contributed by atoms with van der Waals surface area (Å²) >= 11 is 0. The fourth-order valence-corrected chi connectivity index (χ4v) is 3.06. The molecule has 1 aliphatic carbocycles. The summed E-state index contributed by atoms with van der Waals surface area (Å²) in [6, 6.07) is 8.50. The molecule has 1 aromatic heterocycles. The molecule has 0 saturated heterocycles. The normalized spacial score (nSPS) is 17.3. The minimum absolute atomic E-state index is 0.0334. The van der Waals surface area contributed by atoms with Crippen molar-refractivity contribution in [2.24, 2.45) is 0 Å². The first-order chi connectivity index (χ1) is 10.1. The zero-order valence-electron chi connectivity index (χ0n) is 12.5. The molecule has 110 valence electrons. The molecule has 3 rings (SSSR count). The summed E-state index contributed by atoms with van der Waals surface area (Å²) in [6.07, 6.45) is 3.56. The van der Waals surface area contributed by atoms with Crippen molar-refractivity contribution in [1.29, 1.82) is 0 Å². The second-order valence-electron chi connectivity index (χ2n) is 5.69. The minimum Gasteiger partial charge on any atom is -0.361 e. The van der Waals surface area contributed by atoms with E-state index in [2.05, 4.69) is 28.7 Å². The molecule has 1 aromatic carbocycles. The van der Waals surface area contributed by atoms with Crippen molar-refractivity contribution in [1.82, 2.24) is 10.5 Å². The van der Waals surface area contributed by atoms with Crippen LogP contribution in [0.15, 0.2) is 28.8 Å². The molecule has 1 N–H and O–H groups in total. The van der Waals surface area contributed by atoms with Gasteiger partial charge in [-0.2, -0.15) is 0 Å². The van der Waals surface area contributed by atoms with E-state index >= 15 is 0 Å². The number of carbonyl (C=O) groups excluding carboxylic acids is 1. The molecule has 1 atom stereocenters. The molecule has 0 spiro atoms. The van der Waals surface area contributed by atoms with Gasteiger partial charge in [0.2, 0.25) is 5.91 Å². The number of amides is 1. The Morgan fingerprint density at radius 3 is 2.95 bits per heavy atom. The molecule has 1 aliphatic rings. The summed E-state index contributed by atoms with van der Waals surface area (Å²) in [5, 5.41) is 7.06. The molecular weight excluding hydrogens is 264 g/mol. The molecule has 0 bridgehead atoms. The van der Waals surface area contributed by atoms with E-state index in [-0.39, 0.29) is 11.9 Å². The number of hydrogen-bond acceptors (Lipinski definition) is 3. The number of aryl methyl sites for hydroxylation is 3. The van der Waals surface area contributed by atoms with E-state index in [4.69, 9.17) is 4.52 Å². The summed E-state index contributed by atoms with van der Waals surface area (Å²) in [5.74, 6) is 0.762. The highest BCUT2D eigenvalue weighted by Crippen LogP contribution is 2.29. The molecular formula is C17H20N2O2. The molecule has 1 heterocycles. The van der Waals surface area contributed by atoms with Crippen LogP contribution >= 0.6 is 0 Å². The Hall–Kier alpha value is -2.10. The maximum atomic E-state index is 12.3. The lowest BCUT2D eigenvalue weighted by molar-refractivity contribution is -0.121. The average Bonchev–Trinajstić information content (AvgIpc) is 2.79. The molecule has 0 saturated carbocycles. The lowest BCUT2D eigenvalue weighted by Gasteiger charge is -2.26. The number of rotatable bonds is 3. The van der Waals surface area contributed by atoms with Gasteiger partial charge in [0.15, 0.2) is 0 Å². The van der Waals surface area contributed by atoms with Crippen molar-refractivity contribution in [3.8, 4) is 0 Å². The van der Waals surface area contributed by atoms with Crippen molar-refractivity contribution >= 4 is 5.91 Å². The number of carbonyl (C=O) groups is 1. The Morgan fingerprint density at radius 2 is 2.19 bits per heavy atom. The van der Waals surface area contributed by atoms with Gasteiger partial charge in [-0.25, -0.2) is 0 Å². The van der Waals surface area contributed by atoms with Crippen molar-refractivity contribution < 1.29 is 9.32 Å². The van der Waals surface area contributed by atoms with Gasteiger partial charge >= 0.3 is 0 Å². The SMILES string of the molecule is Cc1noc(C)c1CC(=O)N[C@H]1CCCc2ccccc21. The number of nitrogens with zero attached hydrogens (tertiary/aromatic N) is 1. The highest BCUT2D eigenvalue weighted by atomic mass is 16.5. The maximum absolute atomic E-state index is 12.3. The van der Waals surface area contributed by atoms with Gasteiger partial charge in [-0.3, -0.25) is 4.79 Å². The molecule has 0 radical (unpaired) electrons. The Kier molecular flexibility index (Phi) is 3.78. The van der Waals surface area contributed by atoms with Crippen molar-refractivity contribution in [3.63, 3.8) is 0 Å². The Labute approximate surface area is 124 Å². The van der Waals surface area contributed by atoms with Crippen molar-refractivity contribution in [2.45, 2.75) is 45.6 Å². The second-order valence-corrected chi connectivity index (χ2v) is 5.69. The molecule has 1 amide bonds. The molecule has 2 aromatic rings. The first kappa shape index (κ1) is 13.9. The van der Waals surface area contributed by atoms with E-state index in [0.717, 1.165) is 36.3 Å². The Bertz CT molecular complexity index is 641. The van der Waals surface area contributed by atoms with Crippen molar-refractivity contribution in [2.75, 3.05) is 0 Å². The maximum Gasteiger partial charge on any atom is 0.225 e. The Balaban J connectivity index is 1.72. The lowest BCUT2D eigenvalue weighted by Crippen LogP contribution is -2.32. The van der Waals surface area contributed by atoms with Gasteiger partial charge in [0, 0.05) is 5.56 Å². The van der Waals surface area contributed by atoms with Gasteiger partial charge < -0.3 is 9.84 Å². The van der Waals surface area contributed by atoms with Gasteiger partial charge in [0.1, 0.15) is 5.76 Å². The predicted octanol–water partition coefficient (Wildman–Crippen LogP) is 3.03. The molecule has 0 unspecified atom stereocenters. The third kappa shape index (κ3) is 2.84.